The summed E-state index contributed by atoms with van der Waals surface area (Å²) >= 11 is 0. The van der Waals surface area contributed by atoms with Crippen LogP contribution in [0, 0.1) is 29.1 Å². The van der Waals surface area contributed by atoms with Gasteiger partial charge in [0.25, 0.3) is 0 Å². The van der Waals surface area contributed by atoms with Gasteiger partial charge in [0.2, 0.25) is 0 Å². The van der Waals surface area contributed by atoms with Crippen molar-refractivity contribution in [3.8, 4) is 0 Å². The van der Waals surface area contributed by atoms with Crippen molar-refractivity contribution >= 4 is 22.1 Å². The van der Waals surface area contributed by atoms with E-state index in [1.807, 2.05) is 0 Å². The molecule has 23 heavy (non-hydrogen) atoms. The van der Waals surface area contributed by atoms with E-state index in [1.54, 1.807) is 12.3 Å². The summed E-state index contributed by atoms with van der Waals surface area (Å²) in [4.78, 5) is 13.1. The van der Waals surface area contributed by atoms with E-state index in [2.05, 4.69) is 57.5 Å². The maximum atomic E-state index is 13.1. The zero-order valence-electron chi connectivity index (χ0n) is 15.6. The highest BCUT2D eigenvalue weighted by atomic mass is 28.3. The Balaban J connectivity index is 1.98. The Morgan fingerprint density at radius 3 is 2.35 bits per heavy atom. The fourth-order valence-electron chi connectivity index (χ4n) is 6.88. The quantitative estimate of drug-likeness (QED) is 0.427. The molecule has 5 aliphatic carbocycles. The number of hydrogen-bond acceptors (Lipinski definition) is 2. The largest absolute Gasteiger partial charge is 0.469 e. The van der Waals surface area contributed by atoms with Gasteiger partial charge >= 0.3 is 5.97 Å². The third-order valence-corrected chi connectivity index (χ3v) is 13.3. The number of esters is 1. The first-order chi connectivity index (χ1) is 10.5. The molecule has 6 atom stereocenters. The second-order valence-electron chi connectivity index (χ2n) is 10.3. The van der Waals surface area contributed by atoms with Crippen LogP contribution in [-0.2, 0) is 9.53 Å². The average Bonchev–Trinajstić information content (AvgIpc) is 2.81. The molecule has 0 radical (unpaired) electrons. The lowest BCUT2D eigenvalue weighted by Gasteiger charge is -2.44. The fraction of sp³-hybridized carbons (Fsp3) is 0.737. The van der Waals surface area contributed by atoms with Crippen molar-refractivity contribution in [2.24, 2.45) is 29.1 Å². The second kappa shape index (κ2) is 4.13. The molecule has 0 amide bonds. The number of carbonyl (C=O) groups excluding carboxylic acids is 1. The Morgan fingerprint density at radius 2 is 1.83 bits per heavy atom. The molecule has 2 unspecified atom stereocenters. The Kier molecular flexibility index (Phi) is 2.85. The summed E-state index contributed by atoms with van der Waals surface area (Å²) in [5.41, 5.74) is -0.279. The van der Waals surface area contributed by atoms with Crippen molar-refractivity contribution in [3.63, 3.8) is 0 Å². The van der Waals surface area contributed by atoms with Gasteiger partial charge in [-0.25, -0.2) is 0 Å². The number of carbonyl (C=O) groups is 1. The number of ether oxygens (including phenoxy) is 1. The van der Waals surface area contributed by atoms with Crippen molar-refractivity contribution in [1.29, 1.82) is 0 Å². The van der Waals surface area contributed by atoms with Crippen molar-refractivity contribution in [2.45, 2.75) is 50.7 Å². The molecule has 2 fully saturated rings. The molecular weight excluding hydrogens is 316 g/mol. The van der Waals surface area contributed by atoms with Gasteiger partial charge in [-0.2, -0.15) is 0 Å². The molecule has 2 nitrogen and oxygen atoms in total. The summed E-state index contributed by atoms with van der Waals surface area (Å²) in [6.45, 7) is 15.0. The van der Waals surface area contributed by atoms with Crippen molar-refractivity contribution in [3.05, 3.63) is 23.4 Å². The van der Waals surface area contributed by atoms with Crippen LogP contribution < -0.4 is 0 Å². The Morgan fingerprint density at radius 1 is 1.17 bits per heavy atom. The van der Waals surface area contributed by atoms with Crippen molar-refractivity contribution in [2.75, 3.05) is 7.11 Å². The monoisotopic (exact) mass is 346 g/mol. The van der Waals surface area contributed by atoms with Crippen LogP contribution in [0.5, 0.6) is 0 Å². The van der Waals surface area contributed by atoms with Gasteiger partial charge in [-0.3, -0.25) is 4.79 Å². The van der Waals surface area contributed by atoms with E-state index in [-0.39, 0.29) is 17.3 Å². The van der Waals surface area contributed by atoms with Gasteiger partial charge in [-0.1, -0.05) is 62.7 Å². The van der Waals surface area contributed by atoms with Crippen LogP contribution in [0.2, 0.25) is 44.3 Å². The molecule has 0 aromatic carbocycles. The molecule has 126 valence electrons. The normalized spacial score (nSPS) is 46.5. The zero-order chi connectivity index (χ0) is 17.0. The second-order valence-corrected chi connectivity index (χ2v) is 20.7. The predicted molar refractivity (Wildman–Crippen MR) is 99.6 cm³/mol. The summed E-state index contributed by atoms with van der Waals surface area (Å²) in [6.07, 6.45) is 8.41. The SMILES string of the molecule is COC(=O)[C@]12C[C@H]3[C@@H]4C=C[C@H]1C=C([Si](C)(C)C)C2C43[Si](C)(C)C. The van der Waals surface area contributed by atoms with Gasteiger partial charge < -0.3 is 4.74 Å². The van der Waals surface area contributed by atoms with Gasteiger partial charge in [0.15, 0.2) is 0 Å². The molecule has 5 rings (SSSR count). The third-order valence-electron chi connectivity index (χ3n) is 7.56. The summed E-state index contributed by atoms with van der Waals surface area (Å²) in [6, 6.07) is 0. The molecule has 0 saturated heterocycles. The van der Waals surface area contributed by atoms with Crippen LogP contribution in [-0.4, -0.2) is 29.2 Å². The number of allylic oxidation sites excluding steroid dienone is 4. The number of methoxy groups -OCH3 is 1. The molecule has 0 aromatic rings. The van der Waals surface area contributed by atoms with Gasteiger partial charge in [0.05, 0.1) is 28.7 Å². The van der Waals surface area contributed by atoms with Crippen LogP contribution in [0.3, 0.4) is 0 Å². The maximum absolute atomic E-state index is 13.1. The summed E-state index contributed by atoms with van der Waals surface area (Å²) in [5, 5.41) is 2.07. The molecular formula is C19H30O2Si2. The summed E-state index contributed by atoms with van der Waals surface area (Å²) in [5.74, 6) is 2.24. The zero-order valence-corrected chi connectivity index (χ0v) is 17.6. The lowest BCUT2D eigenvalue weighted by atomic mass is 9.70. The first-order valence-electron chi connectivity index (χ1n) is 9.02. The van der Waals surface area contributed by atoms with Crippen LogP contribution >= 0.6 is 0 Å². The van der Waals surface area contributed by atoms with Crippen LogP contribution in [0.25, 0.3) is 0 Å². The molecule has 0 aliphatic heterocycles. The van der Waals surface area contributed by atoms with Gasteiger partial charge in [-0.15, -0.1) is 0 Å². The lowest BCUT2D eigenvalue weighted by molar-refractivity contribution is -0.156. The van der Waals surface area contributed by atoms with Crippen LogP contribution in [0.1, 0.15) is 6.42 Å². The van der Waals surface area contributed by atoms with Gasteiger partial charge in [-0.05, 0) is 29.2 Å². The molecule has 4 heteroatoms. The van der Waals surface area contributed by atoms with E-state index in [0.29, 0.717) is 11.0 Å². The maximum Gasteiger partial charge on any atom is 0.313 e. The molecule has 0 aromatic heterocycles. The minimum atomic E-state index is -1.45. The van der Waals surface area contributed by atoms with E-state index in [9.17, 15) is 4.79 Å². The Bertz CT molecular complexity index is 651. The summed E-state index contributed by atoms with van der Waals surface area (Å²) < 4.78 is 5.40. The Labute approximate surface area is 142 Å². The average molecular weight is 347 g/mol. The molecule has 0 heterocycles. The standard InChI is InChI=1S/C19H30O2Si2/c1-21-17(20)18-11-14-13-9-8-12(18)10-15(22(2,3)4)16(18)19(13,14)23(5,6)7/h8-10,12-14,16H,11H2,1-7H3/t12-,13-,14-,16?,18+,19?/m0/s1. The smallest absolute Gasteiger partial charge is 0.313 e. The van der Waals surface area contributed by atoms with E-state index < -0.39 is 16.1 Å². The fourth-order valence-corrected chi connectivity index (χ4v) is 13.0. The Hall–Kier alpha value is -0.616. The highest BCUT2D eigenvalue weighted by molar-refractivity contribution is 6.84. The highest BCUT2D eigenvalue weighted by Crippen LogP contribution is 2.90. The molecule has 0 N–H and O–H groups in total. The van der Waals surface area contributed by atoms with E-state index >= 15 is 0 Å². The van der Waals surface area contributed by atoms with E-state index in [0.717, 1.165) is 18.3 Å². The van der Waals surface area contributed by atoms with Crippen molar-refractivity contribution < 1.29 is 9.53 Å². The van der Waals surface area contributed by atoms with Gasteiger partial charge in [0, 0.05) is 5.92 Å². The molecule has 5 aliphatic rings. The first-order valence-corrected chi connectivity index (χ1v) is 16.0. The number of hydrogen-bond donors (Lipinski definition) is 0. The third kappa shape index (κ3) is 1.53. The first kappa shape index (κ1) is 15.9. The molecule has 0 spiro atoms. The minimum absolute atomic E-state index is 0.0622. The molecule has 6 bridgehead atoms. The summed E-state index contributed by atoms with van der Waals surface area (Å²) in [7, 11) is -1.29. The van der Waals surface area contributed by atoms with Crippen LogP contribution in [0.15, 0.2) is 23.4 Å². The minimum Gasteiger partial charge on any atom is -0.469 e. The predicted octanol–water partition coefficient (Wildman–Crippen LogP) is 4.49. The highest BCUT2D eigenvalue weighted by Gasteiger charge is 2.85. The van der Waals surface area contributed by atoms with Gasteiger partial charge in [0.1, 0.15) is 0 Å². The van der Waals surface area contributed by atoms with Crippen molar-refractivity contribution in [1.82, 2.24) is 0 Å². The van der Waals surface area contributed by atoms with Crippen LogP contribution in [0.4, 0.5) is 0 Å². The van der Waals surface area contributed by atoms with E-state index in [4.69, 9.17) is 4.74 Å². The topological polar surface area (TPSA) is 26.3 Å². The number of rotatable bonds is 3. The lowest BCUT2D eigenvalue weighted by Crippen LogP contribution is -2.48. The molecule has 2 saturated carbocycles. The van der Waals surface area contributed by atoms with E-state index in [1.165, 1.54) is 0 Å².